The van der Waals surface area contributed by atoms with Crippen LogP contribution in [0.4, 0.5) is 32.0 Å². The molecule has 0 aliphatic heterocycles. The van der Waals surface area contributed by atoms with Gasteiger partial charge in [-0.2, -0.15) is 31.6 Å². The lowest BCUT2D eigenvalue weighted by molar-refractivity contribution is -0.164. The zero-order valence-corrected chi connectivity index (χ0v) is 16.2. The van der Waals surface area contributed by atoms with Gasteiger partial charge >= 0.3 is 12.4 Å². The molecule has 0 N–H and O–H groups in total. The van der Waals surface area contributed by atoms with Crippen molar-refractivity contribution in [2.45, 2.75) is 26.2 Å². The van der Waals surface area contributed by atoms with Crippen LogP contribution in [0.25, 0.3) is 37.6 Å². The zero-order chi connectivity index (χ0) is 23.6. The summed E-state index contributed by atoms with van der Waals surface area (Å²) >= 11 is 0. The molecule has 0 bridgehead atoms. The minimum atomic E-state index is -5.37. The van der Waals surface area contributed by atoms with Crippen molar-refractivity contribution in [2.24, 2.45) is 0 Å². The molecule has 11 heteroatoms. The van der Waals surface area contributed by atoms with E-state index < -0.39 is 23.6 Å². The van der Waals surface area contributed by atoms with Crippen LogP contribution in [0.1, 0.15) is 28.2 Å². The number of nitriles is 1. The molecule has 4 aromatic rings. The maximum absolute atomic E-state index is 13.5. The summed E-state index contributed by atoms with van der Waals surface area (Å²) in [6, 6.07) is 4.76. The number of alkyl halides is 6. The Kier molecular flexibility index (Phi) is 4.49. The van der Waals surface area contributed by atoms with Gasteiger partial charge in [0.05, 0.1) is 28.7 Å². The van der Waals surface area contributed by atoms with Crippen molar-refractivity contribution in [2.75, 3.05) is 0 Å². The van der Waals surface area contributed by atoms with E-state index in [1.165, 1.54) is 12.1 Å². The molecule has 0 radical (unpaired) electrons. The molecular weight excluding hydrogens is 436 g/mol. The number of aromatic nitrogens is 3. The highest BCUT2D eigenvalue weighted by molar-refractivity contribution is 6.22. The van der Waals surface area contributed by atoms with E-state index in [0.29, 0.717) is 17.3 Å². The Morgan fingerprint density at radius 2 is 1.41 bits per heavy atom. The van der Waals surface area contributed by atoms with Crippen LogP contribution in [0.3, 0.4) is 0 Å². The van der Waals surface area contributed by atoms with Gasteiger partial charge in [-0.25, -0.2) is 14.8 Å². The molecule has 0 spiro atoms. The Balaban J connectivity index is 2.38. The molecule has 4 rings (SSSR count). The van der Waals surface area contributed by atoms with E-state index >= 15 is 0 Å². The van der Waals surface area contributed by atoms with E-state index in [1.807, 2.05) is 0 Å². The Morgan fingerprint density at radius 3 is 1.97 bits per heavy atom. The smallest absolute Gasteiger partial charge is 0.252 e. The average Bonchev–Trinajstić information content (AvgIpc) is 2.71. The number of aryl methyl sites for hydroxylation is 2. The first-order valence-electron chi connectivity index (χ1n) is 8.88. The molecule has 160 valence electrons. The second-order valence-electron chi connectivity index (χ2n) is 7.04. The molecule has 1 aromatic carbocycles. The van der Waals surface area contributed by atoms with Crippen molar-refractivity contribution in [3.05, 3.63) is 57.8 Å². The molecular formula is C21H9F6N5. The monoisotopic (exact) mass is 445 g/mol. The third kappa shape index (κ3) is 3.14. The summed E-state index contributed by atoms with van der Waals surface area (Å²) in [5, 5.41) is 9.18. The van der Waals surface area contributed by atoms with Gasteiger partial charge in [0.2, 0.25) is 5.69 Å². The number of hydrogen-bond donors (Lipinski definition) is 0. The van der Waals surface area contributed by atoms with Crippen LogP contribution < -0.4 is 0 Å². The molecule has 0 atom stereocenters. The normalized spacial score (nSPS) is 12.3. The van der Waals surface area contributed by atoms with Crippen molar-refractivity contribution in [1.29, 1.82) is 5.26 Å². The molecule has 0 amide bonds. The molecule has 0 unspecified atom stereocenters. The summed E-state index contributed by atoms with van der Waals surface area (Å²) in [6.07, 6.45) is -10.7. The van der Waals surface area contributed by atoms with Crippen LogP contribution in [-0.4, -0.2) is 15.0 Å². The van der Waals surface area contributed by atoms with Crippen LogP contribution in [0.15, 0.2) is 18.2 Å². The average molecular weight is 445 g/mol. The number of halogens is 6. The molecule has 0 saturated carbocycles. The van der Waals surface area contributed by atoms with E-state index in [2.05, 4.69) is 19.8 Å². The minimum absolute atomic E-state index is 0.0808. The number of rotatable bonds is 0. The molecule has 5 nitrogen and oxygen atoms in total. The molecule has 3 heterocycles. The van der Waals surface area contributed by atoms with E-state index in [9.17, 15) is 31.6 Å². The lowest BCUT2D eigenvalue weighted by atomic mass is 9.99. The highest BCUT2D eigenvalue weighted by Crippen LogP contribution is 2.43. The van der Waals surface area contributed by atoms with Gasteiger partial charge in [-0.15, -0.1) is 0 Å². The first kappa shape index (κ1) is 21.2. The molecule has 3 aromatic heterocycles. The second kappa shape index (κ2) is 6.76. The number of benzene rings is 1. The predicted octanol–water partition coefficient (Wildman–Crippen LogP) is 6.41. The van der Waals surface area contributed by atoms with Crippen molar-refractivity contribution in [3.63, 3.8) is 0 Å². The molecule has 32 heavy (non-hydrogen) atoms. The van der Waals surface area contributed by atoms with Crippen LogP contribution in [0.5, 0.6) is 0 Å². The summed E-state index contributed by atoms with van der Waals surface area (Å²) in [5.41, 5.74) is -3.91. The van der Waals surface area contributed by atoms with E-state index in [-0.39, 0.29) is 44.1 Å². The molecule has 0 fully saturated rings. The number of pyridine rings is 3. The third-order valence-corrected chi connectivity index (χ3v) is 5.06. The number of hydrogen-bond acceptors (Lipinski definition) is 4. The largest absolute Gasteiger partial charge is 0.433 e. The molecule has 0 aliphatic rings. The fraction of sp³-hybridized carbons (Fsp3) is 0.190. The van der Waals surface area contributed by atoms with E-state index in [0.717, 1.165) is 0 Å². The summed E-state index contributed by atoms with van der Waals surface area (Å²) in [6.45, 7) is 10.5. The fourth-order valence-corrected chi connectivity index (χ4v) is 3.48. The van der Waals surface area contributed by atoms with Crippen LogP contribution in [0, 0.1) is 31.8 Å². The summed E-state index contributed by atoms with van der Waals surface area (Å²) < 4.78 is 81.1. The lowest BCUT2D eigenvalue weighted by Gasteiger charge is -2.18. The first-order valence-corrected chi connectivity index (χ1v) is 8.88. The number of fused-ring (bicyclic) bond motifs is 6. The number of nitrogens with zero attached hydrogens (tertiary/aromatic N) is 5. The van der Waals surface area contributed by atoms with E-state index in [4.69, 9.17) is 6.57 Å². The third-order valence-electron chi connectivity index (χ3n) is 5.06. The van der Waals surface area contributed by atoms with Gasteiger partial charge in [-0.1, -0.05) is 0 Å². The Labute approximate surface area is 175 Å². The topological polar surface area (TPSA) is 66.8 Å². The van der Waals surface area contributed by atoms with Crippen LogP contribution in [0.2, 0.25) is 0 Å². The van der Waals surface area contributed by atoms with Gasteiger partial charge in [0.25, 0.3) is 0 Å². The summed E-state index contributed by atoms with van der Waals surface area (Å²) in [4.78, 5) is 15.0. The lowest BCUT2D eigenvalue weighted by Crippen LogP contribution is -2.18. The second-order valence-corrected chi connectivity index (χ2v) is 7.04. The highest BCUT2D eigenvalue weighted by Gasteiger charge is 2.45. The fourth-order valence-electron chi connectivity index (χ4n) is 3.48. The van der Waals surface area contributed by atoms with E-state index in [1.54, 1.807) is 19.9 Å². The van der Waals surface area contributed by atoms with Gasteiger partial charge in [0, 0.05) is 21.9 Å². The van der Waals surface area contributed by atoms with Crippen molar-refractivity contribution >= 4 is 38.4 Å². The van der Waals surface area contributed by atoms with Gasteiger partial charge in [0.1, 0.15) is 11.8 Å². The van der Waals surface area contributed by atoms with Crippen molar-refractivity contribution < 1.29 is 26.3 Å². The van der Waals surface area contributed by atoms with Crippen LogP contribution >= 0.6 is 0 Å². The Hall–Kier alpha value is -3.99. The zero-order valence-electron chi connectivity index (χ0n) is 16.2. The molecule has 0 aliphatic carbocycles. The molecule has 0 saturated heterocycles. The first-order chi connectivity index (χ1) is 14.9. The van der Waals surface area contributed by atoms with Gasteiger partial charge < -0.3 is 0 Å². The van der Waals surface area contributed by atoms with Gasteiger partial charge in [0.15, 0.2) is 5.69 Å². The van der Waals surface area contributed by atoms with Crippen molar-refractivity contribution in [1.82, 2.24) is 15.0 Å². The maximum Gasteiger partial charge on any atom is 0.433 e. The predicted molar refractivity (Wildman–Crippen MR) is 103 cm³/mol. The quantitative estimate of drug-likeness (QED) is 0.178. The van der Waals surface area contributed by atoms with Gasteiger partial charge in [-0.05, 0) is 37.6 Å². The highest BCUT2D eigenvalue weighted by atomic mass is 19.4. The van der Waals surface area contributed by atoms with Gasteiger partial charge in [-0.3, -0.25) is 4.98 Å². The maximum atomic E-state index is 13.5. The minimum Gasteiger partial charge on any atom is -0.252 e. The Bertz CT molecular complexity index is 1540. The summed E-state index contributed by atoms with van der Waals surface area (Å²) in [7, 11) is 0. The Morgan fingerprint density at radius 1 is 0.844 bits per heavy atom. The SMILES string of the molecule is [C-]#[N+]c1cc2c3nc(C)c(C)cc3c3nc(C(F)(F)F)c(C(F)(F)F)cc3c2nc1C#N. The van der Waals surface area contributed by atoms with Crippen molar-refractivity contribution in [3.8, 4) is 6.07 Å². The summed E-state index contributed by atoms with van der Waals surface area (Å²) in [5.74, 6) is 0. The standard InChI is InChI=1S/C21H9F6N5/c1-8-4-10-16(30-9(8)2)12-6-14(29-3)15(7-28)31-17(12)11-5-13(20(22,23)24)19(21(25,26)27)32-18(10)11/h4-6H,1-2H3. The van der Waals surface area contributed by atoms with Crippen LogP contribution in [-0.2, 0) is 12.4 Å².